The van der Waals surface area contributed by atoms with E-state index in [0.717, 1.165) is 13.0 Å². The van der Waals surface area contributed by atoms with Gasteiger partial charge in [-0.15, -0.1) is 0 Å². The van der Waals surface area contributed by atoms with Crippen molar-refractivity contribution in [1.82, 2.24) is 5.32 Å². The Hall–Kier alpha value is -0.0200. The van der Waals surface area contributed by atoms with E-state index in [1.807, 2.05) is 6.21 Å². The number of rotatable bonds is 0. The molecule has 0 saturated heterocycles. The fourth-order valence-electron chi connectivity index (χ4n) is 0.494. The summed E-state index contributed by atoms with van der Waals surface area (Å²) < 4.78 is 0. The van der Waals surface area contributed by atoms with E-state index in [0.29, 0.717) is 0 Å². The van der Waals surface area contributed by atoms with E-state index in [1.54, 1.807) is 0 Å². The normalized spacial score (nSPS) is 30.7. The van der Waals surface area contributed by atoms with Crippen molar-refractivity contribution < 1.29 is 0 Å². The molecule has 0 bridgehead atoms. The van der Waals surface area contributed by atoms with Crippen LogP contribution in [0.1, 0.15) is 6.42 Å². The van der Waals surface area contributed by atoms with Crippen LogP contribution in [-0.4, -0.2) is 18.3 Å². The third kappa shape index (κ3) is 1.49. The van der Waals surface area contributed by atoms with Crippen molar-refractivity contribution in [3.63, 3.8) is 0 Å². The first-order valence-electron chi connectivity index (χ1n) is 2.30. The van der Waals surface area contributed by atoms with Crippen molar-refractivity contribution >= 4 is 18.8 Å². The minimum atomic E-state index is -0.0613. The molecule has 1 N–H and O–H groups in total. The molecule has 0 aromatic heterocycles. The molecule has 1 radical (unpaired) electrons. The predicted octanol–water partition coefficient (Wildman–Crippen LogP) is 0.532. The van der Waals surface area contributed by atoms with Crippen LogP contribution in [0.15, 0.2) is 4.99 Å². The lowest BCUT2D eigenvalue weighted by atomic mass is 10.4. The van der Waals surface area contributed by atoms with Gasteiger partial charge in [0.15, 0.2) is 5.50 Å². The zero-order valence-electron chi connectivity index (χ0n) is 3.92. The maximum absolute atomic E-state index is 4.78. The maximum Gasteiger partial charge on any atom is 0.156 e. The Balaban J connectivity index is 2.36. The van der Waals surface area contributed by atoms with Gasteiger partial charge in [0.05, 0.1) is 0 Å². The minimum Gasteiger partial charge on any atom is -0.286 e. The van der Waals surface area contributed by atoms with E-state index in [4.69, 9.17) is 12.6 Å². The van der Waals surface area contributed by atoms with Crippen LogP contribution in [0.25, 0.3) is 0 Å². The Morgan fingerprint density at radius 3 is 3.00 bits per heavy atom. The predicted molar refractivity (Wildman–Crippen MR) is 32.5 cm³/mol. The summed E-state index contributed by atoms with van der Waals surface area (Å²) in [5, 5.41) is 3.00. The summed E-state index contributed by atoms with van der Waals surface area (Å²) >= 11 is 4.78. The first-order valence-corrected chi connectivity index (χ1v) is 2.77. The highest BCUT2D eigenvalue weighted by Crippen LogP contribution is 1.94. The summed E-state index contributed by atoms with van der Waals surface area (Å²) in [6, 6.07) is 0. The van der Waals surface area contributed by atoms with Crippen molar-refractivity contribution in [2.45, 2.75) is 11.9 Å². The van der Waals surface area contributed by atoms with Gasteiger partial charge in [0.1, 0.15) is 0 Å². The number of aliphatic imine (C=N–C) groups is 1. The van der Waals surface area contributed by atoms with E-state index < -0.39 is 0 Å². The monoisotopic (exact) mass is 115 g/mol. The van der Waals surface area contributed by atoms with Crippen LogP contribution in [0.5, 0.6) is 0 Å². The highest BCUT2D eigenvalue weighted by Gasteiger charge is 1.99. The van der Waals surface area contributed by atoms with E-state index in [2.05, 4.69) is 10.3 Å². The van der Waals surface area contributed by atoms with Gasteiger partial charge in [-0.2, -0.15) is 0 Å². The van der Waals surface area contributed by atoms with E-state index in [1.165, 1.54) is 0 Å². The van der Waals surface area contributed by atoms with Gasteiger partial charge in [0, 0.05) is 12.8 Å². The molecule has 1 aliphatic rings. The number of nitrogens with one attached hydrogen (secondary N) is 1. The van der Waals surface area contributed by atoms with Crippen LogP contribution in [-0.2, 0) is 0 Å². The van der Waals surface area contributed by atoms with Crippen LogP contribution >= 0.6 is 12.6 Å². The van der Waals surface area contributed by atoms with Crippen molar-refractivity contribution in [2.24, 2.45) is 4.99 Å². The second-order valence-corrected chi connectivity index (χ2v) is 1.87. The van der Waals surface area contributed by atoms with Crippen LogP contribution in [0.4, 0.5) is 0 Å². The maximum atomic E-state index is 4.78. The summed E-state index contributed by atoms with van der Waals surface area (Å²) in [6.07, 6.45) is 2.89. The lowest BCUT2D eigenvalue weighted by Crippen LogP contribution is -2.26. The fraction of sp³-hybridized carbons (Fsp3) is 0.750. The van der Waals surface area contributed by atoms with Gasteiger partial charge in [-0.05, 0) is 19.0 Å². The van der Waals surface area contributed by atoms with Crippen molar-refractivity contribution in [3.8, 4) is 0 Å². The molecule has 1 atom stereocenters. The van der Waals surface area contributed by atoms with Gasteiger partial charge in [0.2, 0.25) is 0 Å². The number of nitrogens with zero attached hydrogens (tertiary/aromatic N) is 1. The summed E-state index contributed by atoms with van der Waals surface area (Å²) in [5.74, 6) is 0. The van der Waals surface area contributed by atoms with E-state index in [9.17, 15) is 0 Å². The third-order valence-electron chi connectivity index (χ3n) is 0.833. The molecule has 1 heterocycles. The standard InChI is InChI=1S/C4H7N2S/c7-4-5-2-1-3-6-4/h2,4,6H,1,3H2. The number of hydrogen-bond acceptors (Lipinski definition) is 2. The van der Waals surface area contributed by atoms with Gasteiger partial charge >= 0.3 is 0 Å². The Morgan fingerprint density at radius 1 is 1.86 bits per heavy atom. The SMILES string of the molecule is [S]C1N=CCCN1. The first kappa shape index (κ1) is 5.12. The summed E-state index contributed by atoms with van der Waals surface area (Å²) in [5.41, 5.74) is -0.0613. The molecule has 0 amide bonds. The van der Waals surface area contributed by atoms with Crippen molar-refractivity contribution in [3.05, 3.63) is 0 Å². The molecule has 2 nitrogen and oxygen atoms in total. The van der Waals surface area contributed by atoms with Crippen LogP contribution in [0, 0.1) is 0 Å². The lowest BCUT2D eigenvalue weighted by molar-refractivity contribution is 0.663. The molecule has 0 aromatic rings. The summed E-state index contributed by atoms with van der Waals surface area (Å²) in [6.45, 7) is 0.984. The highest BCUT2D eigenvalue weighted by atomic mass is 32.1. The topological polar surface area (TPSA) is 24.4 Å². The lowest BCUT2D eigenvalue weighted by Gasteiger charge is -2.09. The molecule has 1 unspecified atom stereocenters. The molecule has 0 fully saturated rings. The Bertz CT molecular complexity index is 81.8. The van der Waals surface area contributed by atoms with Gasteiger partial charge < -0.3 is 0 Å². The molecule has 1 aliphatic heterocycles. The highest BCUT2D eigenvalue weighted by molar-refractivity contribution is 7.80. The zero-order chi connectivity index (χ0) is 5.11. The van der Waals surface area contributed by atoms with Crippen LogP contribution < -0.4 is 5.32 Å². The summed E-state index contributed by atoms with van der Waals surface area (Å²) in [4.78, 5) is 3.91. The zero-order valence-corrected chi connectivity index (χ0v) is 4.74. The smallest absolute Gasteiger partial charge is 0.156 e. The molecule has 39 valence electrons. The third-order valence-corrected chi connectivity index (χ3v) is 1.12. The molecule has 7 heavy (non-hydrogen) atoms. The average molecular weight is 115 g/mol. The van der Waals surface area contributed by atoms with Gasteiger partial charge in [-0.3, -0.25) is 10.3 Å². The molecule has 3 heteroatoms. The second kappa shape index (κ2) is 2.33. The quantitative estimate of drug-likeness (QED) is 0.489. The fourth-order valence-corrected chi connectivity index (χ4v) is 0.698. The molecule has 0 spiro atoms. The van der Waals surface area contributed by atoms with Crippen molar-refractivity contribution in [2.75, 3.05) is 6.54 Å². The average Bonchev–Trinajstić information content (AvgIpc) is 1.69. The van der Waals surface area contributed by atoms with Gasteiger partial charge in [-0.25, -0.2) is 0 Å². The molecule has 0 aliphatic carbocycles. The largest absolute Gasteiger partial charge is 0.286 e. The molecule has 1 rings (SSSR count). The Morgan fingerprint density at radius 2 is 2.71 bits per heavy atom. The van der Waals surface area contributed by atoms with E-state index >= 15 is 0 Å². The molecular formula is C4H7N2S. The first-order chi connectivity index (χ1) is 3.39. The Labute approximate surface area is 48.4 Å². The Kier molecular flexibility index (Phi) is 1.70. The van der Waals surface area contributed by atoms with E-state index in [-0.39, 0.29) is 5.50 Å². The van der Waals surface area contributed by atoms with Crippen LogP contribution in [0.3, 0.4) is 0 Å². The van der Waals surface area contributed by atoms with Gasteiger partial charge in [0.25, 0.3) is 0 Å². The summed E-state index contributed by atoms with van der Waals surface area (Å²) in [7, 11) is 0. The minimum absolute atomic E-state index is 0.0613. The molecule has 0 aromatic carbocycles. The molecule has 0 saturated carbocycles. The van der Waals surface area contributed by atoms with Gasteiger partial charge in [-0.1, -0.05) is 0 Å². The van der Waals surface area contributed by atoms with Crippen LogP contribution in [0.2, 0.25) is 0 Å². The molecular weight excluding hydrogens is 108 g/mol. The number of hydrogen-bond donors (Lipinski definition) is 1. The van der Waals surface area contributed by atoms with Crippen molar-refractivity contribution in [1.29, 1.82) is 0 Å². The second-order valence-electron chi connectivity index (χ2n) is 1.43.